The third kappa shape index (κ3) is 3.55. The molecule has 0 aliphatic heterocycles. The van der Waals surface area contributed by atoms with Gasteiger partial charge in [-0.2, -0.15) is 0 Å². The average Bonchev–Trinajstić information content (AvgIpc) is 2.01. The maximum absolute atomic E-state index is 5.54. The van der Waals surface area contributed by atoms with Crippen molar-refractivity contribution in [2.45, 2.75) is 25.0 Å². The number of alkyl halides is 1. The SMILES string of the molecule is CN[C@H]1C[C@@H](OCCOCI)C1. The molecule has 0 radical (unpaired) electrons. The largest absolute Gasteiger partial charge is 0.376 e. The van der Waals surface area contributed by atoms with Crippen LogP contribution in [0.1, 0.15) is 12.8 Å². The van der Waals surface area contributed by atoms with Crippen LogP contribution in [-0.2, 0) is 9.47 Å². The smallest absolute Gasteiger partial charge is 0.0980 e. The van der Waals surface area contributed by atoms with Gasteiger partial charge in [-0.05, 0) is 19.9 Å². The second-order valence-corrected chi connectivity index (χ2v) is 3.59. The molecule has 0 heterocycles. The zero-order valence-corrected chi connectivity index (χ0v) is 9.54. The molecule has 0 aromatic heterocycles. The van der Waals surface area contributed by atoms with Crippen LogP contribution in [-0.4, -0.2) is 37.0 Å². The number of rotatable bonds is 6. The lowest BCUT2D eigenvalue weighted by Crippen LogP contribution is -2.44. The van der Waals surface area contributed by atoms with Crippen LogP contribution in [0.5, 0.6) is 0 Å². The van der Waals surface area contributed by atoms with Crippen LogP contribution in [0.2, 0.25) is 0 Å². The molecule has 1 fully saturated rings. The summed E-state index contributed by atoms with van der Waals surface area (Å²) in [6.07, 6.45) is 2.78. The summed E-state index contributed by atoms with van der Waals surface area (Å²) in [5, 5.41) is 3.22. The zero-order chi connectivity index (χ0) is 8.81. The summed E-state index contributed by atoms with van der Waals surface area (Å²) in [7, 11) is 2.00. The fraction of sp³-hybridized carbons (Fsp3) is 1.00. The summed E-state index contributed by atoms with van der Waals surface area (Å²) in [6.45, 7) is 1.47. The van der Waals surface area contributed by atoms with Gasteiger partial charge in [-0.25, -0.2) is 0 Å². The van der Waals surface area contributed by atoms with E-state index in [1.54, 1.807) is 0 Å². The molecule has 1 N–H and O–H groups in total. The second-order valence-electron chi connectivity index (χ2n) is 2.97. The molecule has 0 saturated heterocycles. The molecule has 4 heteroatoms. The maximum atomic E-state index is 5.54. The molecule has 1 saturated carbocycles. The molecule has 1 aliphatic carbocycles. The molecule has 3 nitrogen and oxygen atoms in total. The van der Waals surface area contributed by atoms with Crippen molar-refractivity contribution >= 4 is 22.6 Å². The Balaban J connectivity index is 1.83. The van der Waals surface area contributed by atoms with Gasteiger partial charge in [0, 0.05) is 6.04 Å². The number of hydrogen-bond donors (Lipinski definition) is 1. The van der Waals surface area contributed by atoms with Crippen molar-refractivity contribution in [2.75, 3.05) is 24.9 Å². The van der Waals surface area contributed by atoms with E-state index in [1.807, 2.05) is 7.05 Å². The quantitative estimate of drug-likeness (QED) is 0.451. The molecular formula is C8H16INO2. The highest BCUT2D eigenvalue weighted by Crippen LogP contribution is 2.22. The van der Waals surface area contributed by atoms with Gasteiger partial charge in [0.25, 0.3) is 0 Å². The van der Waals surface area contributed by atoms with E-state index in [0.29, 0.717) is 12.1 Å². The van der Waals surface area contributed by atoms with Gasteiger partial charge in [-0.1, -0.05) is 22.6 Å². The molecule has 12 heavy (non-hydrogen) atoms. The van der Waals surface area contributed by atoms with E-state index >= 15 is 0 Å². The first kappa shape index (κ1) is 10.7. The minimum Gasteiger partial charge on any atom is -0.376 e. The monoisotopic (exact) mass is 285 g/mol. The molecule has 0 bridgehead atoms. The molecule has 1 rings (SSSR count). The first-order chi connectivity index (χ1) is 5.86. The minimum atomic E-state index is 0.472. The molecule has 0 unspecified atom stereocenters. The van der Waals surface area contributed by atoms with Gasteiger partial charge in [0.2, 0.25) is 0 Å². The Morgan fingerprint density at radius 2 is 2.17 bits per heavy atom. The molecule has 0 spiro atoms. The highest BCUT2D eigenvalue weighted by molar-refractivity contribution is 14.1. The lowest BCUT2D eigenvalue weighted by atomic mass is 9.89. The summed E-state index contributed by atoms with van der Waals surface area (Å²) < 4.78 is 11.5. The normalized spacial score (nSPS) is 28.5. The summed E-state index contributed by atoms with van der Waals surface area (Å²) in [6, 6.07) is 0.681. The van der Waals surface area contributed by atoms with E-state index in [0.717, 1.165) is 30.7 Å². The predicted molar refractivity (Wildman–Crippen MR) is 56.7 cm³/mol. The van der Waals surface area contributed by atoms with Crippen LogP contribution in [0.3, 0.4) is 0 Å². The summed E-state index contributed by atoms with van der Waals surface area (Å²) in [5.41, 5.74) is 0. The number of ether oxygens (including phenoxy) is 2. The minimum absolute atomic E-state index is 0.472. The van der Waals surface area contributed by atoms with E-state index in [9.17, 15) is 0 Å². The van der Waals surface area contributed by atoms with Crippen molar-refractivity contribution in [1.82, 2.24) is 5.32 Å². The van der Waals surface area contributed by atoms with E-state index in [4.69, 9.17) is 9.47 Å². The Hall–Kier alpha value is 0.610. The Morgan fingerprint density at radius 1 is 1.42 bits per heavy atom. The average molecular weight is 285 g/mol. The Labute approximate surface area is 87.3 Å². The summed E-state index contributed by atoms with van der Waals surface area (Å²) in [5.74, 6) is 0. The number of hydrogen-bond acceptors (Lipinski definition) is 3. The van der Waals surface area contributed by atoms with E-state index in [2.05, 4.69) is 27.9 Å². The molecule has 0 aromatic carbocycles. The van der Waals surface area contributed by atoms with E-state index in [-0.39, 0.29) is 0 Å². The van der Waals surface area contributed by atoms with Crippen molar-refractivity contribution in [3.8, 4) is 0 Å². The highest BCUT2D eigenvalue weighted by atomic mass is 127. The first-order valence-electron chi connectivity index (χ1n) is 4.29. The van der Waals surface area contributed by atoms with Crippen LogP contribution in [0.4, 0.5) is 0 Å². The zero-order valence-electron chi connectivity index (χ0n) is 7.38. The molecule has 0 aromatic rings. The van der Waals surface area contributed by atoms with Gasteiger partial charge in [0.1, 0.15) is 0 Å². The summed E-state index contributed by atoms with van der Waals surface area (Å²) >= 11 is 2.19. The van der Waals surface area contributed by atoms with Gasteiger partial charge in [0.15, 0.2) is 0 Å². The molecule has 0 atom stereocenters. The van der Waals surface area contributed by atoms with Crippen LogP contribution in [0, 0.1) is 0 Å². The topological polar surface area (TPSA) is 30.5 Å². The fourth-order valence-electron chi connectivity index (χ4n) is 1.27. The van der Waals surface area contributed by atoms with Gasteiger partial charge in [0.05, 0.1) is 23.9 Å². The standard InChI is InChI=1S/C8H16INO2/c1-10-7-4-8(5-7)12-3-2-11-6-9/h7-8,10H,2-6H2,1H3/t7-,8+. The van der Waals surface area contributed by atoms with Crippen LogP contribution < -0.4 is 5.32 Å². The first-order valence-corrected chi connectivity index (χ1v) is 5.82. The molecule has 1 aliphatic rings. The third-order valence-electron chi connectivity index (χ3n) is 2.16. The van der Waals surface area contributed by atoms with Gasteiger partial charge in [-0.3, -0.25) is 0 Å². The molecule has 72 valence electrons. The lowest BCUT2D eigenvalue weighted by molar-refractivity contribution is -0.0350. The fourth-order valence-corrected chi connectivity index (χ4v) is 1.58. The predicted octanol–water partition coefficient (Wildman–Crippen LogP) is 1.16. The van der Waals surface area contributed by atoms with Crippen molar-refractivity contribution in [3.05, 3.63) is 0 Å². The van der Waals surface area contributed by atoms with Crippen molar-refractivity contribution < 1.29 is 9.47 Å². The maximum Gasteiger partial charge on any atom is 0.0980 e. The Morgan fingerprint density at radius 3 is 2.75 bits per heavy atom. The van der Waals surface area contributed by atoms with Gasteiger partial charge in [-0.15, -0.1) is 0 Å². The highest BCUT2D eigenvalue weighted by Gasteiger charge is 2.27. The second kappa shape index (κ2) is 6.12. The lowest BCUT2D eigenvalue weighted by Gasteiger charge is -2.34. The Bertz CT molecular complexity index is 118. The van der Waals surface area contributed by atoms with Crippen LogP contribution >= 0.6 is 22.6 Å². The summed E-state index contributed by atoms with van der Waals surface area (Å²) in [4.78, 5) is 0. The number of nitrogens with one attached hydrogen (secondary N) is 1. The number of halogens is 1. The van der Waals surface area contributed by atoms with Crippen molar-refractivity contribution in [3.63, 3.8) is 0 Å². The van der Waals surface area contributed by atoms with Crippen molar-refractivity contribution in [1.29, 1.82) is 0 Å². The third-order valence-corrected chi connectivity index (χ3v) is 2.60. The van der Waals surface area contributed by atoms with Crippen molar-refractivity contribution in [2.24, 2.45) is 0 Å². The molecular weight excluding hydrogens is 269 g/mol. The van der Waals surface area contributed by atoms with Gasteiger partial charge >= 0.3 is 0 Å². The van der Waals surface area contributed by atoms with Gasteiger partial charge < -0.3 is 14.8 Å². The van der Waals surface area contributed by atoms with E-state index < -0.39 is 0 Å². The van der Waals surface area contributed by atoms with Crippen LogP contribution in [0.15, 0.2) is 0 Å². The molecule has 0 amide bonds. The van der Waals surface area contributed by atoms with Crippen LogP contribution in [0.25, 0.3) is 0 Å². The van der Waals surface area contributed by atoms with E-state index in [1.165, 1.54) is 0 Å². The Kier molecular flexibility index (Phi) is 5.45.